The Hall–Kier alpha value is -1.63. The van der Waals surface area contributed by atoms with E-state index in [1.165, 1.54) is 25.3 Å². The fraction of sp³-hybridized carbons (Fsp3) is 0.467. The van der Waals surface area contributed by atoms with Gasteiger partial charge < -0.3 is 14.4 Å². The van der Waals surface area contributed by atoms with Gasteiger partial charge in [0.15, 0.2) is 6.61 Å². The summed E-state index contributed by atoms with van der Waals surface area (Å²) < 4.78 is 23.5. The molecule has 1 aliphatic heterocycles. The number of carbonyl (C=O) groups is 2. The van der Waals surface area contributed by atoms with Gasteiger partial charge in [-0.3, -0.25) is 9.59 Å². The van der Waals surface area contributed by atoms with E-state index in [2.05, 4.69) is 15.9 Å². The van der Waals surface area contributed by atoms with Crippen molar-refractivity contribution in [2.24, 2.45) is 5.92 Å². The Bertz CT molecular complexity index is 558. The van der Waals surface area contributed by atoms with Gasteiger partial charge in [0.25, 0.3) is 5.91 Å². The smallest absolute Gasteiger partial charge is 0.308 e. The summed E-state index contributed by atoms with van der Waals surface area (Å²) in [4.78, 5) is 25.2. The summed E-state index contributed by atoms with van der Waals surface area (Å²) in [5.74, 6) is -0.478. The Morgan fingerprint density at radius 3 is 2.64 bits per heavy atom. The van der Waals surface area contributed by atoms with Crippen LogP contribution in [-0.4, -0.2) is 43.6 Å². The van der Waals surface area contributed by atoms with Gasteiger partial charge in [-0.15, -0.1) is 0 Å². The maximum absolute atomic E-state index is 13.0. The van der Waals surface area contributed by atoms with Crippen LogP contribution in [0.3, 0.4) is 0 Å². The van der Waals surface area contributed by atoms with E-state index in [9.17, 15) is 14.0 Å². The SMILES string of the molecule is COC(=O)C1CCN(C(=O)COc2ccc(F)cc2Br)CC1. The van der Waals surface area contributed by atoms with Crippen LogP contribution < -0.4 is 4.74 Å². The molecule has 5 nitrogen and oxygen atoms in total. The monoisotopic (exact) mass is 373 g/mol. The van der Waals surface area contributed by atoms with Crippen LogP contribution in [-0.2, 0) is 14.3 Å². The van der Waals surface area contributed by atoms with E-state index in [0.717, 1.165) is 0 Å². The number of hydrogen-bond acceptors (Lipinski definition) is 4. The zero-order valence-electron chi connectivity index (χ0n) is 12.2. The van der Waals surface area contributed by atoms with Gasteiger partial charge in [-0.1, -0.05) is 0 Å². The Labute approximate surface area is 136 Å². The number of ether oxygens (including phenoxy) is 2. The molecule has 0 aliphatic carbocycles. The first kappa shape index (κ1) is 16.7. The summed E-state index contributed by atoms with van der Waals surface area (Å²) in [6, 6.07) is 4.02. The van der Waals surface area contributed by atoms with Crippen molar-refractivity contribution in [3.8, 4) is 5.75 Å². The van der Waals surface area contributed by atoms with Crippen molar-refractivity contribution in [1.82, 2.24) is 4.90 Å². The van der Waals surface area contributed by atoms with Gasteiger partial charge in [-0.2, -0.15) is 0 Å². The van der Waals surface area contributed by atoms with Gasteiger partial charge >= 0.3 is 5.97 Å². The molecule has 0 unspecified atom stereocenters. The van der Waals surface area contributed by atoms with E-state index in [4.69, 9.17) is 9.47 Å². The Morgan fingerprint density at radius 1 is 1.36 bits per heavy atom. The molecule has 0 atom stereocenters. The van der Waals surface area contributed by atoms with Crippen LogP contribution in [0.1, 0.15) is 12.8 Å². The van der Waals surface area contributed by atoms with E-state index in [0.29, 0.717) is 36.2 Å². The summed E-state index contributed by atoms with van der Waals surface area (Å²) in [6.45, 7) is 0.895. The predicted molar refractivity (Wildman–Crippen MR) is 80.9 cm³/mol. The fourth-order valence-electron chi connectivity index (χ4n) is 2.35. The number of rotatable bonds is 4. The number of esters is 1. The molecule has 0 saturated carbocycles. The van der Waals surface area contributed by atoms with Crippen molar-refractivity contribution < 1.29 is 23.5 Å². The van der Waals surface area contributed by atoms with Gasteiger partial charge in [-0.05, 0) is 47.0 Å². The maximum atomic E-state index is 13.0. The Morgan fingerprint density at radius 2 is 2.05 bits per heavy atom. The fourth-order valence-corrected chi connectivity index (χ4v) is 2.82. The molecule has 120 valence electrons. The lowest BCUT2D eigenvalue weighted by Crippen LogP contribution is -2.42. The number of methoxy groups -OCH3 is 1. The van der Waals surface area contributed by atoms with Crippen LogP contribution in [0.15, 0.2) is 22.7 Å². The minimum absolute atomic E-state index is 0.118. The lowest BCUT2D eigenvalue weighted by atomic mass is 9.97. The molecule has 1 heterocycles. The summed E-state index contributed by atoms with van der Waals surface area (Å²) in [7, 11) is 1.37. The number of benzene rings is 1. The standard InChI is InChI=1S/C15H17BrFNO4/c1-21-15(20)10-4-6-18(7-5-10)14(19)9-22-13-3-2-11(17)8-12(13)16/h2-3,8,10H,4-7,9H2,1H3. The average Bonchev–Trinajstić information content (AvgIpc) is 2.53. The highest BCUT2D eigenvalue weighted by molar-refractivity contribution is 9.10. The topological polar surface area (TPSA) is 55.8 Å². The molecule has 7 heteroatoms. The van der Waals surface area contributed by atoms with E-state index >= 15 is 0 Å². The average molecular weight is 374 g/mol. The molecule has 2 rings (SSSR count). The number of piperidine rings is 1. The largest absolute Gasteiger partial charge is 0.483 e. The van der Waals surface area contributed by atoms with Crippen molar-refractivity contribution in [3.63, 3.8) is 0 Å². The zero-order chi connectivity index (χ0) is 16.1. The van der Waals surface area contributed by atoms with Crippen LogP contribution in [0, 0.1) is 11.7 Å². The van der Waals surface area contributed by atoms with Crippen LogP contribution in [0.5, 0.6) is 5.75 Å². The predicted octanol–water partition coefficient (Wildman–Crippen LogP) is 2.38. The van der Waals surface area contributed by atoms with Crippen molar-refractivity contribution in [1.29, 1.82) is 0 Å². The second kappa shape index (κ2) is 7.58. The zero-order valence-corrected chi connectivity index (χ0v) is 13.8. The molecule has 0 N–H and O–H groups in total. The van der Waals surface area contributed by atoms with E-state index < -0.39 is 0 Å². The van der Waals surface area contributed by atoms with Crippen LogP contribution >= 0.6 is 15.9 Å². The third kappa shape index (κ3) is 4.19. The molecule has 1 aromatic rings. The van der Waals surface area contributed by atoms with Crippen molar-refractivity contribution >= 4 is 27.8 Å². The first-order chi connectivity index (χ1) is 10.5. The highest BCUT2D eigenvalue weighted by Crippen LogP contribution is 2.25. The number of likely N-dealkylation sites (tertiary alicyclic amines) is 1. The van der Waals surface area contributed by atoms with Gasteiger partial charge in [-0.25, -0.2) is 4.39 Å². The number of amides is 1. The van der Waals surface area contributed by atoms with Crippen molar-refractivity contribution in [2.75, 3.05) is 26.8 Å². The Balaban J connectivity index is 1.82. The molecule has 0 spiro atoms. The highest BCUT2D eigenvalue weighted by atomic mass is 79.9. The first-order valence-electron chi connectivity index (χ1n) is 6.94. The number of carbonyl (C=O) groups excluding carboxylic acids is 2. The van der Waals surface area contributed by atoms with Gasteiger partial charge in [0, 0.05) is 13.1 Å². The van der Waals surface area contributed by atoms with Crippen LogP contribution in [0.25, 0.3) is 0 Å². The number of hydrogen-bond donors (Lipinski definition) is 0. The summed E-state index contributed by atoms with van der Waals surface area (Å²) in [5.41, 5.74) is 0. The highest BCUT2D eigenvalue weighted by Gasteiger charge is 2.27. The minimum Gasteiger partial charge on any atom is -0.483 e. The molecule has 0 aromatic heterocycles. The van der Waals surface area contributed by atoms with Crippen LogP contribution in [0.4, 0.5) is 4.39 Å². The maximum Gasteiger partial charge on any atom is 0.308 e. The molecule has 0 radical (unpaired) electrons. The normalized spacial score (nSPS) is 15.5. The van der Waals surface area contributed by atoms with Crippen LogP contribution in [0.2, 0.25) is 0 Å². The second-order valence-electron chi connectivity index (χ2n) is 5.04. The summed E-state index contributed by atoms with van der Waals surface area (Å²) in [6.07, 6.45) is 1.19. The number of nitrogens with zero attached hydrogens (tertiary/aromatic N) is 1. The molecule has 0 bridgehead atoms. The second-order valence-corrected chi connectivity index (χ2v) is 5.90. The third-order valence-corrected chi connectivity index (χ3v) is 4.25. The summed E-state index contributed by atoms with van der Waals surface area (Å²) in [5, 5.41) is 0. The van der Waals surface area contributed by atoms with E-state index in [-0.39, 0.29) is 30.2 Å². The van der Waals surface area contributed by atoms with Gasteiger partial charge in [0.2, 0.25) is 0 Å². The molecule has 1 amide bonds. The first-order valence-corrected chi connectivity index (χ1v) is 7.74. The lowest BCUT2D eigenvalue weighted by Gasteiger charge is -2.30. The lowest BCUT2D eigenvalue weighted by molar-refractivity contribution is -0.149. The van der Waals surface area contributed by atoms with Crippen molar-refractivity contribution in [2.45, 2.75) is 12.8 Å². The molecular weight excluding hydrogens is 357 g/mol. The van der Waals surface area contributed by atoms with E-state index in [1.54, 1.807) is 4.90 Å². The van der Waals surface area contributed by atoms with E-state index in [1.807, 2.05) is 0 Å². The third-order valence-electron chi connectivity index (χ3n) is 3.63. The molecule has 1 fully saturated rings. The van der Waals surface area contributed by atoms with Crippen molar-refractivity contribution in [3.05, 3.63) is 28.5 Å². The quantitative estimate of drug-likeness (QED) is 0.760. The van der Waals surface area contributed by atoms with Gasteiger partial charge in [0.1, 0.15) is 11.6 Å². The molecule has 1 saturated heterocycles. The minimum atomic E-state index is -0.379. The van der Waals surface area contributed by atoms with Gasteiger partial charge in [0.05, 0.1) is 17.5 Å². The molecule has 1 aromatic carbocycles. The molecular formula is C15H17BrFNO4. The summed E-state index contributed by atoms with van der Waals surface area (Å²) >= 11 is 3.18. The number of halogens is 2. The molecule has 1 aliphatic rings. The Kier molecular flexibility index (Phi) is 5.76. The molecule has 22 heavy (non-hydrogen) atoms.